The maximum atomic E-state index is 14.0. The molecule has 0 saturated heterocycles. The van der Waals surface area contributed by atoms with Crippen molar-refractivity contribution in [3.8, 4) is 22.3 Å². The third-order valence-corrected chi connectivity index (χ3v) is 8.24. The predicted octanol–water partition coefficient (Wildman–Crippen LogP) is 11.0. The van der Waals surface area contributed by atoms with E-state index in [9.17, 15) is 26.3 Å². The molecular formula is C38H33BF6SiZr. The molecule has 1 aliphatic rings. The van der Waals surface area contributed by atoms with Crippen LogP contribution in [0.25, 0.3) is 38.6 Å². The first-order valence-electron chi connectivity index (χ1n) is 13.9. The minimum atomic E-state index is -4.85. The molecule has 5 aromatic rings. The van der Waals surface area contributed by atoms with Gasteiger partial charge in [0, 0.05) is 0 Å². The summed E-state index contributed by atoms with van der Waals surface area (Å²) in [6.07, 6.45) is -9.67. The SMILES string of the molecule is Cc1cc2c(-c3ccccc3)cccc2[cH-]1.[B]=C1C(C=[Si](C)C)=C(C(F)(F)F)c2c1ccc(C(F)(F)F)c2-c1ccccc1.[CH3-].[CH3-].[Zr+3]. The minimum absolute atomic E-state index is 0. The summed E-state index contributed by atoms with van der Waals surface area (Å²) in [5, 5.41) is 2.69. The Morgan fingerprint density at radius 3 is 1.79 bits per heavy atom. The number of halogens is 6. The summed E-state index contributed by atoms with van der Waals surface area (Å²) in [4.78, 5) is 0. The number of hydrogen-bond donors (Lipinski definition) is 0. The molecule has 0 aromatic heterocycles. The van der Waals surface area contributed by atoms with Gasteiger partial charge in [0.05, 0.1) is 0 Å². The van der Waals surface area contributed by atoms with Gasteiger partial charge >= 0.3 is 186 Å². The Balaban J connectivity index is 0.000000346. The molecule has 0 nitrogen and oxygen atoms in total. The summed E-state index contributed by atoms with van der Waals surface area (Å²) in [5.41, 5.74) is 1.84. The molecule has 9 heteroatoms. The molecule has 0 bridgehead atoms. The fraction of sp³-hybridized carbons (Fsp3) is 0.132. The first-order chi connectivity index (χ1) is 20.8. The van der Waals surface area contributed by atoms with Crippen molar-refractivity contribution in [1.82, 2.24) is 0 Å². The van der Waals surface area contributed by atoms with E-state index >= 15 is 0 Å². The second-order valence-electron chi connectivity index (χ2n) is 10.9. The van der Waals surface area contributed by atoms with E-state index < -0.39 is 43.0 Å². The van der Waals surface area contributed by atoms with Gasteiger partial charge in [-0.15, -0.1) is 34.5 Å². The largest absolute Gasteiger partial charge is 3.00 e. The van der Waals surface area contributed by atoms with Crippen molar-refractivity contribution < 1.29 is 52.5 Å². The quantitative estimate of drug-likeness (QED) is 0.0984. The smallest absolute Gasteiger partial charge is 0.358 e. The molecular weight excluding hydrogens is 701 g/mol. The molecule has 0 fully saturated rings. The van der Waals surface area contributed by atoms with Crippen molar-refractivity contribution in [3.05, 3.63) is 146 Å². The van der Waals surface area contributed by atoms with E-state index in [-0.39, 0.29) is 63.2 Å². The summed E-state index contributed by atoms with van der Waals surface area (Å²) in [6.45, 7) is 5.71. The number of aryl methyl sites for hydroxylation is 1. The summed E-state index contributed by atoms with van der Waals surface area (Å²) in [6, 6.07) is 30.7. The monoisotopic (exact) mass is 732 g/mol. The fourth-order valence-electron chi connectivity index (χ4n) is 5.63. The van der Waals surface area contributed by atoms with Gasteiger partial charge in [-0.1, -0.05) is 48.9 Å². The van der Waals surface area contributed by atoms with Gasteiger partial charge in [0.25, 0.3) is 0 Å². The zero-order valence-corrected chi connectivity index (χ0v) is 30.2. The molecule has 238 valence electrons. The molecule has 0 saturated carbocycles. The van der Waals surface area contributed by atoms with Gasteiger partial charge in [0.1, 0.15) is 0 Å². The number of fused-ring (bicyclic) bond motifs is 2. The van der Waals surface area contributed by atoms with Crippen LogP contribution < -0.4 is 0 Å². The molecule has 0 heterocycles. The van der Waals surface area contributed by atoms with Crippen LogP contribution in [0.15, 0.2) is 109 Å². The minimum Gasteiger partial charge on any atom is -0.358 e. The second-order valence-corrected chi connectivity index (χ2v) is 13.3. The van der Waals surface area contributed by atoms with E-state index in [0.29, 0.717) is 0 Å². The molecule has 2 radical (unpaired) electrons. The molecule has 6 rings (SSSR count). The van der Waals surface area contributed by atoms with Crippen molar-refractivity contribution in [2.24, 2.45) is 0 Å². The van der Waals surface area contributed by atoms with Crippen LogP contribution in [0.1, 0.15) is 22.3 Å². The molecule has 0 amide bonds. The van der Waals surface area contributed by atoms with Crippen LogP contribution in [-0.4, -0.2) is 33.2 Å². The molecule has 0 spiro atoms. The maximum absolute atomic E-state index is 14.0. The van der Waals surface area contributed by atoms with Crippen LogP contribution in [-0.2, 0) is 32.4 Å². The van der Waals surface area contributed by atoms with Crippen molar-refractivity contribution >= 4 is 43.4 Å². The zero-order chi connectivity index (χ0) is 31.8. The summed E-state index contributed by atoms with van der Waals surface area (Å²) in [7, 11) is 4.71. The van der Waals surface area contributed by atoms with Crippen LogP contribution in [0.2, 0.25) is 13.1 Å². The Morgan fingerprint density at radius 2 is 1.26 bits per heavy atom. The van der Waals surface area contributed by atoms with E-state index in [1.807, 2.05) is 0 Å². The van der Waals surface area contributed by atoms with Crippen LogP contribution in [0.3, 0.4) is 0 Å². The Bertz CT molecular complexity index is 1910. The van der Waals surface area contributed by atoms with Crippen molar-refractivity contribution in [2.45, 2.75) is 32.4 Å². The Labute approximate surface area is 295 Å². The van der Waals surface area contributed by atoms with E-state index in [4.69, 9.17) is 7.49 Å². The fourth-order valence-corrected chi connectivity index (χ4v) is 6.51. The van der Waals surface area contributed by atoms with Gasteiger partial charge in [-0.3, -0.25) is 0 Å². The maximum Gasteiger partial charge on any atom is 3.00 e. The van der Waals surface area contributed by atoms with E-state index in [2.05, 4.69) is 67.6 Å². The predicted molar refractivity (Wildman–Crippen MR) is 186 cm³/mol. The molecule has 1 aliphatic carbocycles. The second kappa shape index (κ2) is 15.7. The topological polar surface area (TPSA) is 0 Å². The molecule has 0 unspecified atom stereocenters. The number of allylic oxidation sites excluding steroid dienone is 2. The van der Waals surface area contributed by atoms with Crippen molar-refractivity contribution in [3.63, 3.8) is 0 Å². The number of rotatable bonds is 3. The van der Waals surface area contributed by atoms with Gasteiger partial charge in [0.2, 0.25) is 0 Å². The molecule has 0 aliphatic heterocycles. The molecule has 5 aromatic carbocycles. The number of alkyl halides is 6. The molecule has 0 atom stereocenters. The van der Waals surface area contributed by atoms with Gasteiger partial charge < -0.3 is 14.9 Å². The van der Waals surface area contributed by atoms with Crippen molar-refractivity contribution in [1.29, 1.82) is 0 Å². The first kappa shape index (κ1) is 39.9. The Kier molecular flexibility index (Phi) is 13.4. The zero-order valence-electron chi connectivity index (χ0n) is 26.7. The summed E-state index contributed by atoms with van der Waals surface area (Å²) < 4.78 is 83.1. The van der Waals surface area contributed by atoms with E-state index in [1.54, 1.807) is 19.2 Å². The Morgan fingerprint density at radius 1 is 0.681 bits per heavy atom. The van der Waals surface area contributed by atoms with Gasteiger partial charge in [-0.05, 0) is 5.56 Å². The van der Waals surface area contributed by atoms with Crippen molar-refractivity contribution in [2.75, 3.05) is 0 Å². The van der Waals surface area contributed by atoms with Crippen LogP contribution >= 0.6 is 0 Å². The molecule has 47 heavy (non-hydrogen) atoms. The third kappa shape index (κ3) is 8.42. The van der Waals surface area contributed by atoms with E-state index in [1.165, 1.54) is 57.4 Å². The normalized spacial score (nSPS) is 12.2. The average molecular weight is 734 g/mol. The third-order valence-electron chi connectivity index (χ3n) is 7.37. The summed E-state index contributed by atoms with van der Waals surface area (Å²) >= 11 is 0. The first-order valence-corrected chi connectivity index (χ1v) is 16.5. The standard InChI is InChI=1S/C20H14BF6Si.C16H13.2CH3.Zr/c1-28(2)10-13-17(20(25,26)27)16-12(18(13)21)8-9-14(19(22,23)24)15(16)11-6-4-3-5-7-11;1-12-10-14-8-5-9-15(16(14)11-12)13-6-3-2-4-7-13;;;/h3-10H,1-2H3;2-11H,1H3;2*1H3;/q;3*-1;+3. The van der Waals surface area contributed by atoms with Crippen LogP contribution in [0, 0.1) is 21.8 Å². The van der Waals surface area contributed by atoms with Crippen LogP contribution in [0.4, 0.5) is 26.3 Å². The Hall–Kier alpha value is -3.29. The van der Waals surface area contributed by atoms with Gasteiger partial charge in [0.15, 0.2) is 0 Å². The van der Waals surface area contributed by atoms with Gasteiger partial charge in [-0.2, -0.15) is 6.07 Å². The van der Waals surface area contributed by atoms with Crippen LogP contribution in [0.5, 0.6) is 0 Å². The number of benzene rings is 4. The average Bonchev–Trinajstić information content (AvgIpc) is 3.49. The number of hydrogen-bond acceptors (Lipinski definition) is 0. The molecule has 0 N–H and O–H groups in total. The van der Waals surface area contributed by atoms with E-state index in [0.717, 1.165) is 12.1 Å². The summed E-state index contributed by atoms with van der Waals surface area (Å²) in [5.74, 6) is 0. The van der Waals surface area contributed by atoms with Gasteiger partial charge in [-0.25, -0.2) is 0 Å².